The molecule has 0 bridgehead atoms. The third kappa shape index (κ3) is 6.49. The number of benzene rings is 2. The summed E-state index contributed by atoms with van der Waals surface area (Å²) in [5.74, 6) is 0.525. The van der Waals surface area contributed by atoms with Crippen molar-refractivity contribution in [1.29, 1.82) is 0 Å². The normalized spacial score (nSPS) is 15.6. The van der Waals surface area contributed by atoms with Crippen LogP contribution in [-0.4, -0.2) is 29.2 Å². The van der Waals surface area contributed by atoms with Gasteiger partial charge in [-0.25, -0.2) is 0 Å². The lowest BCUT2D eigenvalue weighted by molar-refractivity contribution is -0.112. The molecule has 5 rings (SSSR count). The molecule has 3 aromatic rings. The molecule has 0 saturated heterocycles. The van der Waals surface area contributed by atoms with Crippen molar-refractivity contribution in [3.05, 3.63) is 107 Å². The van der Waals surface area contributed by atoms with Crippen LogP contribution < -0.4 is 15.4 Å². The van der Waals surface area contributed by atoms with E-state index in [2.05, 4.69) is 21.7 Å². The number of carbonyl (C=O) groups is 2. The Balaban J connectivity index is 0.00000156. The summed E-state index contributed by atoms with van der Waals surface area (Å²) >= 11 is 1.65. The molecule has 1 atom stereocenters. The Morgan fingerprint density at radius 3 is 2.62 bits per heavy atom. The zero-order valence-electron chi connectivity index (χ0n) is 21.3. The molecular formula is C30H31N3O3S. The van der Waals surface area contributed by atoms with E-state index in [4.69, 9.17) is 4.74 Å². The van der Waals surface area contributed by atoms with Gasteiger partial charge in [-0.1, -0.05) is 50.3 Å². The van der Waals surface area contributed by atoms with Crippen LogP contribution in [0.1, 0.15) is 47.4 Å². The first kappa shape index (κ1) is 26.2. The van der Waals surface area contributed by atoms with Gasteiger partial charge in [0.25, 0.3) is 11.8 Å². The number of anilines is 1. The summed E-state index contributed by atoms with van der Waals surface area (Å²) in [6.45, 7) is 4.37. The second-order valence-corrected chi connectivity index (χ2v) is 9.67. The van der Waals surface area contributed by atoms with E-state index in [-0.39, 0.29) is 17.1 Å². The molecule has 6 nitrogen and oxygen atoms in total. The topological polar surface area (TPSA) is 80.3 Å². The van der Waals surface area contributed by atoms with Crippen molar-refractivity contribution in [2.45, 2.75) is 43.4 Å². The van der Waals surface area contributed by atoms with Gasteiger partial charge in [0, 0.05) is 46.1 Å². The molecule has 0 spiro atoms. The van der Waals surface area contributed by atoms with Crippen LogP contribution in [0, 0.1) is 0 Å². The van der Waals surface area contributed by atoms with Gasteiger partial charge < -0.3 is 15.4 Å². The maximum absolute atomic E-state index is 12.8. The van der Waals surface area contributed by atoms with Crippen molar-refractivity contribution in [2.24, 2.45) is 0 Å². The highest BCUT2D eigenvalue weighted by Gasteiger charge is 2.28. The number of rotatable bonds is 6. The molecule has 1 aliphatic heterocycles. The number of nitrogens with one attached hydrogen (secondary N) is 2. The lowest BCUT2D eigenvalue weighted by Crippen LogP contribution is -2.23. The van der Waals surface area contributed by atoms with Gasteiger partial charge in [-0.2, -0.15) is 0 Å². The number of pyridine rings is 1. The van der Waals surface area contributed by atoms with Crippen molar-refractivity contribution in [1.82, 2.24) is 10.3 Å². The molecule has 2 aromatic carbocycles. The molecule has 2 N–H and O–H groups in total. The number of hydrogen-bond donors (Lipinski definition) is 2. The number of aromatic nitrogens is 1. The average Bonchev–Trinajstić information content (AvgIpc) is 3.09. The van der Waals surface area contributed by atoms with Crippen LogP contribution in [0.5, 0.6) is 5.75 Å². The molecule has 7 heteroatoms. The van der Waals surface area contributed by atoms with Gasteiger partial charge in [-0.05, 0) is 53.9 Å². The molecule has 1 unspecified atom stereocenters. The summed E-state index contributed by atoms with van der Waals surface area (Å²) in [5, 5.41) is 6.01. The number of carbonyl (C=O) groups excluding carboxylic acids is 2. The maximum atomic E-state index is 12.8. The van der Waals surface area contributed by atoms with Crippen molar-refractivity contribution >= 4 is 29.3 Å². The van der Waals surface area contributed by atoms with Crippen LogP contribution in [0.4, 0.5) is 5.69 Å². The average molecular weight is 514 g/mol. The molecule has 2 heterocycles. The highest BCUT2D eigenvalue weighted by molar-refractivity contribution is 8.00. The monoisotopic (exact) mass is 513 g/mol. The number of hydrogen-bond acceptors (Lipinski definition) is 5. The summed E-state index contributed by atoms with van der Waals surface area (Å²) in [5.41, 5.74) is 4.97. The SMILES string of the molecule is CC.COc1ccc(Cc2ccc(CNC(=O)c3ccc4c(c3)NC(=O)C3=CC=CCC3S4)cn2)cc1. The molecule has 0 radical (unpaired) electrons. The van der Waals surface area contributed by atoms with Gasteiger partial charge in [0.1, 0.15) is 5.75 Å². The first-order valence-electron chi connectivity index (χ1n) is 12.4. The molecule has 2 aliphatic rings. The minimum absolute atomic E-state index is 0.0983. The first-order chi connectivity index (χ1) is 18.1. The van der Waals surface area contributed by atoms with Gasteiger partial charge >= 0.3 is 0 Å². The van der Waals surface area contributed by atoms with Crippen LogP contribution in [-0.2, 0) is 17.8 Å². The van der Waals surface area contributed by atoms with E-state index < -0.39 is 0 Å². The Morgan fingerprint density at radius 2 is 1.89 bits per heavy atom. The summed E-state index contributed by atoms with van der Waals surface area (Å²) in [4.78, 5) is 30.9. The number of thioether (sulfide) groups is 1. The van der Waals surface area contributed by atoms with E-state index >= 15 is 0 Å². The molecule has 37 heavy (non-hydrogen) atoms. The Hall–Kier alpha value is -3.84. The van der Waals surface area contributed by atoms with Crippen LogP contribution >= 0.6 is 11.8 Å². The Labute approximate surface area is 222 Å². The minimum atomic E-state index is -0.197. The number of methoxy groups -OCH3 is 1. The van der Waals surface area contributed by atoms with Crippen LogP contribution in [0.3, 0.4) is 0 Å². The molecule has 190 valence electrons. The van der Waals surface area contributed by atoms with Gasteiger partial charge in [-0.3, -0.25) is 14.6 Å². The summed E-state index contributed by atoms with van der Waals surface area (Å²) in [6.07, 6.45) is 9.19. The molecule has 2 amide bonds. The smallest absolute Gasteiger partial charge is 0.252 e. The molecule has 1 aromatic heterocycles. The third-order valence-corrected chi connectivity index (χ3v) is 7.35. The van der Waals surface area contributed by atoms with Crippen LogP contribution in [0.15, 0.2) is 89.5 Å². The standard InChI is InChI=1S/C28H25N3O3S.C2H6/c1-34-22-11-7-18(8-12-22)14-21-10-6-19(16-29-21)17-30-27(32)20-9-13-26-24(15-20)31-28(33)23-4-2-3-5-25(23)35-26;1-2/h2-4,6-13,15-16,25H,5,14,17H2,1H3,(H,30,32)(H,31,33);1-2H3. The maximum Gasteiger partial charge on any atom is 0.252 e. The van der Waals surface area contributed by atoms with Crippen molar-refractivity contribution in [3.8, 4) is 5.75 Å². The van der Waals surface area contributed by atoms with E-state index in [1.165, 1.54) is 0 Å². The van der Waals surface area contributed by atoms with Crippen LogP contribution in [0.25, 0.3) is 0 Å². The number of ether oxygens (including phenoxy) is 1. The third-order valence-electron chi connectivity index (χ3n) is 6.01. The summed E-state index contributed by atoms with van der Waals surface area (Å²) < 4.78 is 5.20. The van der Waals surface area contributed by atoms with E-state index in [0.29, 0.717) is 17.8 Å². The number of allylic oxidation sites excluding steroid dienone is 3. The fourth-order valence-corrected chi connectivity index (χ4v) is 5.27. The van der Waals surface area contributed by atoms with Gasteiger partial charge in [0.05, 0.1) is 12.8 Å². The molecular weight excluding hydrogens is 482 g/mol. The van der Waals surface area contributed by atoms with Crippen molar-refractivity contribution < 1.29 is 14.3 Å². The quantitative estimate of drug-likeness (QED) is 0.427. The Bertz CT molecular complexity index is 1310. The lowest BCUT2D eigenvalue weighted by atomic mass is 10.0. The number of fused-ring (bicyclic) bond motifs is 2. The fraction of sp³-hybridized carbons (Fsp3) is 0.233. The summed E-state index contributed by atoms with van der Waals surface area (Å²) in [6, 6.07) is 17.3. The summed E-state index contributed by atoms with van der Waals surface area (Å²) in [7, 11) is 1.65. The highest BCUT2D eigenvalue weighted by Crippen LogP contribution is 2.40. The van der Waals surface area contributed by atoms with E-state index in [1.54, 1.807) is 37.2 Å². The predicted molar refractivity (Wildman–Crippen MR) is 149 cm³/mol. The van der Waals surface area contributed by atoms with Gasteiger partial charge in [-0.15, -0.1) is 11.8 Å². The lowest BCUT2D eigenvalue weighted by Gasteiger charge is -2.16. The fourth-order valence-electron chi connectivity index (χ4n) is 4.06. The van der Waals surface area contributed by atoms with Crippen LogP contribution in [0.2, 0.25) is 0 Å². The second kappa shape index (κ2) is 12.4. The zero-order valence-corrected chi connectivity index (χ0v) is 22.1. The first-order valence-corrected chi connectivity index (χ1v) is 13.3. The number of nitrogens with zero attached hydrogens (tertiary/aromatic N) is 1. The zero-order chi connectivity index (χ0) is 26.2. The molecule has 0 fully saturated rings. The van der Waals surface area contributed by atoms with E-state index in [0.717, 1.165) is 45.9 Å². The highest BCUT2D eigenvalue weighted by atomic mass is 32.2. The van der Waals surface area contributed by atoms with Gasteiger partial charge in [0.2, 0.25) is 0 Å². The Kier molecular flexibility index (Phi) is 8.80. The molecule has 1 aliphatic carbocycles. The minimum Gasteiger partial charge on any atom is -0.497 e. The van der Waals surface area contributed by atoms with E-state index in [1.807, 2.05) is 68.5 Å². The van der Waals surface area contributed by atoms with E-state index in [9.17, 15) is 9.59 Å². The largest absolute Gasteiger partial charge is 0.497 e. The van der Waals surface area contributed by atoms with Crippen molar-refractivity contribution in [3.63, 3.8) is 0 Å². The second-order valence-electron chi connectivity index (χ2n) is 8.42. The number of amides is 2. The van der Waals surface area contributed by atoms with Gasteiger partial charge in [0.15, 0.2) is 0 Å². The molecule has 0 saturated carbocycles. The Morgan fingerprint density at radius 1 is 1.11 bits per heavy atom. The van der Waals surface area contributed by atoms with Crippen molar-refractivity contribution in [2.75, 3.05) is 12.4 Å². The predicted octanol–water partition coefficient (Wildman–Crippen LogP) is 5.94.